The number of rotatable bonds is 4. The Morgan fingerprint density at radius 3 is 3.04 bits per heavy atom. The van der Waals surface area contributed by atoms with Crippen LogP contribution in [0.2, 0.25) is 0 Å². The highest BCUT2D eigenvalue weighted by molar-refractivity contribution is 7.09. The van der Waals surface area contributed by atoms with Gasteiger partial charge in [-0.2, -0.15) is 0 Å². The molecule has 0 spiro atoms. The molecule has 3 aromatic rings. The van der Waals surface area contributed by atoms with Crippen molar-refractivity contribution in [2.45, 2.75) is 32.2 Å². The van der Waals surface area contributed by atoms with E-state index in [4.69, 9.17) is 4.52 Å². The van der Waals surface area contributed by atoms with Crippen LogP contribution >= 0.6 is 11.5 Å². The zero-order valence-corrected chi connectivity index (χ0v) is 14.8. The third kappa shape index (κ3) is 3.48. The van der Waals surface area contributed by atoms with E-state index in [2.05, 4.69) is 19.6 Å². The topological polar surface area (TPSA) is 55.1 Å². The molecular formula is C18H19FN4OS. The number of hydrogen-bond acceptors (Lipinski definition) is 6. The van der Waals surface area contributed by atoms with Crippen molar-refractivity contribution in [2.24, 2.45) is 0 Å². The van der Waals surface area contributed by atoms with Crippen LogP contribution in [0, 0.1) is 12.7 Å². The van der Waals surface area contributed by atoms with Crippen LogP contribution < -0.4 is 0 Å². The molecule has 1 fully saturated rings. The normalized spacial score (nSPS) is 18.6. The van der Waals surface area contributed by atoms with Gasteiger partial charge < -0.3 is 4.52 Å². The lowest BCUT2D eigenvalue weighted by Gasteiger charge is -2.32. The summed E-state index contributed by atoms with van der Waals surface area (Å²) in [4.78, 5) is 3.25. The minimum atomic E-state index is -0.141. The average Bonchev–Trinajstić information content (AvgIpc) is 3.26. The number of nitrogens with zero attached hydrogens (tertiary/aromatic N) is 4. The molecule has 0 saturated carbocycles. The maximum absolute atomic E-state index is 13.9. The summed E-state index contributed by atoms with van der Waals surface area (Å²) in [7, 11) is 0. The average molecular weight is 358 g/mol. The van der Waals surface area contributed by atoms with Crippen LogP contribution in [0.1, 0.15) is 35.7 Å². The van der Waals surface area contributed by atoms with E-state index in [1.54, 1.807) is 6.07 Å². The molecule has 2 aromatic heterocycles. The van der Waals surface area contributed by atoms with Crippen molar-refractivity contribution in [1.29, 1.82) is 0 Å². The van der Waals surface area contributed by atoms with E-state index in [-0.39, 0.29) is 11.7 Å². The monoisotopic (exact) mass is 358 g/mol. The van der Waals surface area contributed by atoms with Gasteiger partial charge in [0.05, 0.1) is 11.4 Å². The Balaban J connectivity index is 1.52. The molecule has 1 aliphatic heterocycles. The maximum Gasteiger partial charge on any atom is 0.180 e. The lowest BCUT2D eigenvalue weighted by atomic mass is 9.93. The van der Waals surface area contributed by atoms with Crippen LogP contribution in [0.5, 0.6) is 0 Å². The first-order valence-corrected chi connectivity index (χ1v) is 9.20. The van der Waals surface area contributed by atoms with Crippen molar-refractivity contribution < 1.29 is 8.91 Å². The van der Waals surface area contributed by atoms with E-state index in [0.29, 0.717) is 6.54 Å². The van der Waals surface area contributed by atoms with Crippen molar-refractivity contribution in [2.75, 3.05) is 13.1 Å². The lowest BCUT2D eigenvalue weighted by molar-refractivity contribution is 0.196. The van der Waals surface area contributed by atoms with Gasteiger partial charge in [-0.25, -0.2) is 4.39 Å². The molecule has 0 radical (unpaired) electrons. The predicted octanol–water partition coefficient (Wildman–Crippen LogP) is 4.02. The van der Waals surface area contributed by atoms with E-state index in [9.17, 15) is 4.39 Å². The minimum absolute atomic E-state index is 0.141. The van der Waals surface area contributed by atoms with Crippen molar-refractivity contribution >= 4 is 11.5 Å². The molecule has 25 heavy (non-hydrogen) atoms. The standard InChI is InChI=1S/C18H19FN4OS/c1-12-9-16(24-21-12)18-17(20-22-25-18)14-6-4-8-23(11-14)10-13-5-2-3-7-15(13)19/h2-3,5,7,9,14H,4,6,8,10-11H2,1H3/t14-/m1/s1. The molecule has 0 bridgehead atoms. The molecule has 7 heteroatoms. The molecule has 5 nitrogen and oxygen atoms in total. The second kappa shape index (κ2) is 7.01. The van der Waals surface area contributed by atoms with E-state index < -0.39 is 0 Å². The summed E-state index contributed by atoms with van der Waals surface area (Å²) < 4.78 is 23.5. The molecule has 1 aliphatic rings. The first-order valence-electron chi connectivity index (χ1n) is 8.42. The van der Waals surface area contributed by atoms with Crippen molar-refractivity contribution in [3.8, 4) is 10.6 Å². The van der Waals surface area contributed by atoms with Crippen LogP contribution in [0.25, 0.3) is 10.6 Å². The number of likely N-dealkylation sites (tertiary alicyclic amines) is 1. The molecule has 1 aromatic carbocycles. The number of aromatic nitrogens is 3. The molecule has 1 atom stereocenters. The molecule has 130 valence electrons. The highest BCUT2D eigenvalue weighted by atomic mass is 32.1. The van der Waals surface area contributed by atoms with Crippen molar-refractivity contribution in [3.63, 3.8) is 0 Å². The number of benzene rings is 1. The number of piperidine rings is 1. The lowest BCUT2D eigenvalue weighted by Crippen LogP contribution is -2.34. The quantitative estimate of drug-likeness (QED) is 0.705. The minimum Gasteiger partial charge on any atom is -0.355 e. The number of hydrogen-bond donors (Lipinski definition) is 0. The first-order chi connectivity index (χ1) is 12.2. The van der Waals surface area contributed by atoms with Crippen molar-refractivity contribution in [1.82, 2.24) is 19.6 Å². The van der Waals surface area contributed by atoms with Gasteiger partial charge in [0.2, 0.25) is 0 Å². The largest absolute Gasteiger partial charge is 0.355 e. The highest BCUT2D eigenvalue weighted by Gasteiger charge is 2.28. The van der Waals surface area contributed by atoms with Crippen molar-refractivity contribution in [3.05, 3.63) is 53.1 Å². The molecule has 1 saturated heterocycles. The Hall–Kier alpha value is -2.12. The number of aryl methyl sites for hydroxylation is 1. The second-order valence-electron chi connectivity index (χ2n) is 6.49. The summed E-state index contributed by atoms with van der Waals surface area (Å²) in [5, 5.41) is 8.33. The van der Waals surface area contributed by atoms with E-state index in [1.807, 2.05) is 25.1 Å². The van der Waals surface area contributed by atoms with Gasteiger partial charge in [-0.3, -0.25) is 4.90 Å². The molecule has 4 rings (SSSR count). The van der Waals surface area contributed by atoms with Crippen LogP contribution in [0.15, 0.2) is 34.9 Å². The Labute approximate surface area is 149 Å². The maximum atomic E-state index is 13.9. The van der Waals surface area contributed by atoms with E-state index >= 15 is 0 Å². The summed E-state index contributed by atoms with van der Waals surface area (Å²) in [6.07, 6.45) is 2.12. The number of halogens is 1. The summed E-state index contributed by atoms with van der Waals surface area (Å²) in [5.41, 5.74) is 2.56. The molecule has 3 heterocycles. The van der Waals surface area contributed by atoms with Gasteiger partial charge in [0.15, 0.2) is 5.76 Å². The van der Waals surface area contributed by atoms with Crippen LogP contribution in [0.4, 0.5) is 4.39 Å². The fraction of sp³-hybridized carbons (Fsp3) is 0.389. The summed E-state index contributed by atoms with van der Waals surface area (Å²) in [6, 6.07) is 8.90. The zero-order chi connectivity index (χ0) is 17.2. The van der Waals surface area contributed by atoms with Crippen LogP contribution in [-0.2, 0) is 6.54 Å². The Bertz CT molecular complexity index is 862. The molecule has 0 aliphatic carbocycles. The predicted molar refractivity (Wildman–Crippen MR) is 93.8 cm³/mol. The van der Waals surface area contributed by atoms with Gasteiger partial charge in [-0.05, 0) is 43.9 Å². The van der Waals surface area contributed by atoms with Crippen LogP contribution in [-0.4, -0.2) is 32.7 Å². The van der Waals surface area contributed by atoms with Gasteiger partial charge >= 0.3 is 0 Å². The van der Waals surface area contributed by atoms with E-state index in [1.165, 1.54) is 17.6 Å². The van der Waals surface area contributed by atoms with Gasteiger partial charge in [-0.15, -0.1) is 5.10 Å². The molecule has 0 N–H and O–H groups in total. The second-order valence-corrected chi connectivity index (χ2v) is 7.24. The molecular weight excluding hydrogens is 339 g/mol. The summed E-state index contributed by atoms with van der Waals surface area (Å²) in [6.45, 7) is 4.34. The Kier molecular flexibility index (Phi) is 4.59. The SMILES string of the molecule is Cc1cc(-c2snnc2[C@@H]2CCCN(Cc3ccccc3F)C2)on1. The van der Waals surface area contributed by atoms with Gasteiger partial charge in [0.25, 0.3) is 0 Å². The molecule has 0 amide bonds. The zero-order valence-electron chi connectivity index (χ0n) is 14.0. The third-order valence-corrected chi connectivity index (χ3v) is 5.37. The van der Waals surface area contributed by atoms with Gasteiger partial charge in [0.1, 0.15) is 10.7 Å². The Morgan fingerprint density at radius 1 is 1.36 bits per heavy atom. The first kappa shape index (κ1) is 16.4. The summed E-state index contributed by atoms with van der Waals surface area (Å²) >= 11 is 1.34. The fourth-order valence-corrected chi connectivity index (χ4v) is 4.09. The smallest absolute Gasteiger partial charge is 0.180 e. The van der Waals surface area contributed by atoms with Gasteiger partial charge in [0, 0.05) is 30.6 Å². The Morgan fingerprint density at radius 2 is 2.24 bits per heavy atom. The van der Waals surface area contributed by atoms with Crippen LogP contribution in [0.3, 0.4) is 0 Å². The fourth-order valence-electron chi connectivity index (χ4n) is 3.40. The van der Waals surface area contributed by atoms with Gasteiger partial charge in [-0.1, -0.05) is 27.8 Å². The molecule has 0 unspecified atom stereocenters. The third-order valence-electron chi connectivity index (χ3n) is 4.61. The van der Waals surface area contributed by atoms with E-state index in [0.717, 1.165) is 53.5 Å². The summed E-state index contributed by atoms with van der Waals surface area (Å²) in [5.74, 6) is 0.867. The highest BCUT2D eigenvalue weighted by Crippen LogP contribution is 2.35.